The van der Waals surface area contributed by atoms with E-state index in [0.717, 1.165) is 12.8 Å². The predicted octanol–water partition coefficient (Wildman–Crippen LogP) is 5.21. The molecular weight excluding hydrogens is 335 g/mol. The van der Waals surface area contributed by atoms with E-state index in [4.69, 9.17) is 4.74 Å². The van der Waals surface area contributed by atoms with Gasteiger partial charge in [-0.05, 0) is 48.8 Å². The zero-order chi connectivity index (χ0) is 15.6. The molecule has 2 nitrogen and oxygen atoms in total. The van der Waals surface area contributed by atoms with Gasteiger partial charge >= 0.3 is 5.97 Å². The highest BCUT2D eigenvalue weighted by atomic mass is 79.9. The molecule has 0 heterocycles. The van der Waals surface area contributed by atoms with Crippen LogP contribution in [0.3, 0.4) is 0 Å². The van der Waals surface area contributed by atoms with E-state index in [1.54, 1.807) is 6.07 Å². The van der Waals surface area contributed by atoms with Crippen LogP contribution >= 0.6 is 15.9 Å². The van der Waals surface area contributed by atoms with Gasteiger partial charge in [0.05, 0.1) is 5.56 Å². The van der Waals surface area contributed by atoms with Gasteiger partial charge in [-0.2, -0.15) is 0 Å². The van der Waals surface area contributed by atoms with Crippen molar-refractivity contribution in [3.05, 3.63) is 34.1 Å². The smallest absolute Gasteiger partial charge is 0.341 e. The van der Waals surface area contributed by atoms with Crippen LogP contribution in [0.4, 0.5) is 4.39 Å². The summed E-state index contributed by atoms with van der Waals surface area (Å²) in [6.07, 6.45) is 3.00. The SMILES string of the molecule is CC(C)[C@@H]1CC[C@H](C)CC1OC(=O)c1ccc(Br)cc1F. The number of ether oxygens (including phenoxy) is 1. The van der Waals surface area contributed by atoms with E-state index in [-0.39, 0.29) is 11.7 Å². The summed E-state index contributed by atoms with van der Waals surface area (Å²) in [6.45, 7) is 6.49. The lowest BCUT2D eigenvalue weighted by Gasteiger charge is -2.36. The standard InChI is InChI=1S/C17H22BrFO2/c1-10(2)13-6-4-11(3)8-16(13)21-17(20)14-7-5-12(18)9-15(14)19/h5,7,9-11,13,16H,4,6,8H2,1-3H3/t11-,13-,16?/m0/s1. The van der Waals surface area contributed by atoms with Crippen molar-refractivity contribution in [2.24, 2.45) is 17.8 Å². The van der Waals surface area contributed by atoms with Crippen molar-refractivity contribution in [2.45, 2.75) is 46.1 Å². The summed E-state index contributed by atoms with van der Waals surface area (Å²) in [5, 5.41) is 0. The first-order valence-electron chi connectivity index (χ1n) is 7.54. The van der Waals surface area contributed by atoms with Gasteiger partial charge in [-0.15, -0.1) is 0 Å². The molecule has 1 fully saturated rings. The van der Waals surface area contributed by atoms with E-state index < -0.39 is 11.8 Å². The molecular formula is C17H22BrFO2. The normalized spacial score (nSPS) is 25.9. The number of halogens is 2. The minimum absolute atomic E-state index is 0.0129. The number of benzene rings is 1. The highest BCUT2D eigenvalue weighted by molar-refractivity contribution is 9.10. The van der Waals surface area contributed by atoms with Crippen molar-refractivity contribution in [1.82, 2.24) is 0 Å². The van der Waals surface area contributed by atoms with Crippen molar-refractivity contribution in [1.29, 1.82) is 0 Å². The highest BCUT2D eigenvalue weighted by Gasteiger charge is 2.34. The zero-order valence-corrected chi connectivity index (χ0v) is 14.3. The number of carbonyl (C=O) groups is 1. The highest BCUT2D eigenvalue weighted by Crippen LogP contribution is 2.35. The maximum absolute atomic E-state index is 13.9. The van der Waals surface area contributed by atoms with Crippen LogP contribution in [-0.4, -0.2) is 12.1 Å². The van der Waals surface area contributed by atoms with Gasteiger partial charge in [0.1, 0.15) is 11.9 Å². The molecule has 0 saturated heterocycles. The number of hydrogen-bond donors (Lipinski definition) is 0. The Balaban J connectivity index is 2.12. The van der Waals surface area contributed by atoms with E-state index in [0.29, 0.717) is 22.2 Å². The van der Waals surface area contributed by atoms with Crippen LogP contribution in [-0.2, 0) is 4.74 Å². The van der Waals surface area contributed by atoms with Gasteiger partial charge in [0.25, 0.3) is 0 Å². The molecule has 116 valence electrons. The Kier molecular flexibility index (Phi) is 5.42. The van der Waals surface area contributed by atoms with Gasteiger partial charge in [-0.1, -0.05) is 43.1 Å². The molecule has 0 spiro atoms. The first-order chi connectivity index (χ1) is 9.88. The molecule has 0 amide bonds. The fraction of sp³-hybridized carbons (Fsp3) is 0.588. The second kappa shape index (κ2) is 6.91. The van der Waals surface area contributed by atoms with Crippen LogP contribution in [0.25, 0.3) is 0 Å². The fourth-order valence-electron chi connectivity index (χ4n) is 3.11. The van der Waals surface area contributed by atoms with Crippen LogP contribution in [0.1, 0.15) is 50.4 Å². The van der Waals surface area contributed by atoms with E-state index in [2.05, 4.69) is 36.7 Å². The quantitative estimate of drug-likeness (QED) is 0.695. The van der Waals surface area contributed by atoms with Crippen molar-refractivity contribution < 1.29 is 13.9 Å². The topological polar surface area (TPSA) is 26.3 Å². The van der Waals surface area contributed by atoms with Gasteiger partial charge in [0.15, 0.2) is 0 Å². The summed E-state index contributed by atoms with van der Waals surface area (Å²) in [4.78, 5) is 12.2. The lowest BCUT2D eigenvalue weighted by atomic mass is 9.75. The molecule has 4 heteroatoms. The molecule has 1 unspecified atom stereocenters. The largest absolute Gasteiger partial charge is 0.458 e. The Morgan fingerprint density at radius 1 is 1.38 bits per heavy atom. The molecule has 21 heavy (non-hydrogen) atoms. The predicted molar refractivity (Wildman–Crippen MR) is 84.6 cm³/mol. The summed E-state index contributed by atoms with van der Waals surface area (Å²) in [5.74, 6) is 0.283. The second-order valence-corrected chi connectivity index (χ2v) is 7.31. The van der Waals surface area contributed by atoms with E-state index in [1.807, 2.05) is 0 Å². The van der Waals surface area contributed by atoms with Crippen LogP contribution in [0, 0.1) is 23.6 Å². The van der Waals surface area contributed by atoms with Crippen LogP contribution in [0.15, 0.2) is 22.7 Å². The molecule has 1 aliphatic rings. The maximum atomic E-state index is 13.9. The van der Waals surface area contributed by atoms with Crippen LogP contribution < -0.4 is 0 Å². The minimum Gasteiger partial charge on any atom is -0.458 e. The molecule has 1 aromatic rings. The molecule has 0 aliphatic heterocycles. The third-order valence-electron chi connectivity index (χ3n) is 4.37. The molecule has 0 N–H and O–H groups in total. The molecule has 2 rings (SSSR count). The van der Waals surface area contributed by atoms with Crippen molar-refractivity contribution in [2.75, 3.05) is 0 Å². The molecule has 1 aliphatic carbocycles. The van der Waals surface area contributed by atoms with Gasteiger partial charge in [0.2, 0.25) is 0 Å². The first-order valence-corrected chi connectivity index (χ1v) is 8.33. The van der Waals surface area contributed by atoms with Gasteiger partial charge in [-0.25, -0.2) is 9.18 Å². The summed E-state index contributed by atoms with van der Waals surface area (Å²) in [7, 11) is 0. The minimum atomic E-state index is -0.551. The molecule has 0 aromatic heterocycles. The van der Waals surface area contributed by atoms with Crippen LogP contribution in [0.2, 0.25) is 0 Å². The molecule has 3 atom stereocenters. The average molecular weight is 357 g/mol. The summed E-state index contributed by atoms with van der Waals surface area (Å²) < 4.78 is 20.1. The number of esters is 1. The Hall–Kier alpha value is -0.900. The van der Waals surface area contributed by atoms with Gasteiger partial charge in [0, 0.05) is 4.47 Å². The number of rotatable bonds is 3. The molecule has 1 aromatic carbocycles. The summed E-state index contributed by atoms with van der Waals surface area (Å²) in [6, 6.07) is 4.42. The Morgan fingerprint density at radius 2 is 2.10 bits per heavy atom. The number of hydrogen-bond acceptors (Lipinski definition) is 2. The van der Waals surface area contributed by atoms with Gasteiger partial charge in [-0.3, -0.25) is 0 Å². The molecule has 1 saturated carbocycles. The van der Waals surface area contributed by atoms with E-state index >= 15 is 0 Å². The Morgan fingerprint density at radius 3 is 2.71 bits per heavy atom. The zero-order valence-electron chi connectivity index (χ0n) is 12.7. The summed E-state index contributed by atoms with van der Waals surface area (Å²) >= 11 is 3.19. The second-order valence-electron chi connectivity index (χ2n) is 6.39. The lowest BCUT2D eigenvalue weighted by molar-refractivity contribution is -0.0177. The van der Waals surface area contributed by atoms with E-state index in [1.165, 1.54) is 18.6 Å². The fourth-order valence-corrected chi connectivity index (χ4v) is 3.44. The Bertz CT molecular complexity index is 516. The van der Waals surface area contributed by atoms with Crippen LogP contribution in [0.5, 0.6) is 0 Å². The Labute approximate surface area is 134 Å². The molecule has 0 bridgehead atoms. The van der Waals surface area contributed by atoms with Gasteiger partial charge < -0.3 is 4.74 Å². The lowest BCUT2D eigenvalue weighted by Crippen LogP contribution is -2.36. The third-order valence-corrected chi connectivity index (χ3v) is 4.86. The van der Waals surface area contributed by atoms with Crippen molar-refractivity contribution in [3.63, 3.8) is 0 Å². The first kappa shape index (κ1) is 16.5. The van der Waals surface area contributed by atoms with Crippen molar-refractivity contribution >= 4 is 21.9 Å². The summed E-state index contributed by atoms with van der Waals surface area (Å²) in [5.41, 5.74) is 0.0129. The molecule has 0 radical (unpaired) electrons. The van der Waals surface area contributed by atoms with Crippen molar-refractivity contribution in [3.8, 4) is 0 Å². The monoisotopic (exact) mass is 356 g/mol. The maximum Gasteiger partial charge on any atom is 0.341 e. The third kappa shape index (κ3) is 4.06. The van der Waals surface area contributed by atoms with E-state index in [9.17, 15) is 9.18 Å². The average Bonchev–Trinajstić information content (AvgIpc) is 2.37. The number of carbonyl (C=O) groups excluding carboxylic acids is 1.